The Morgan fingerprint density at radius 2 is 2.17 bits per heavy atom. The van der Waals surface area contributed by atoms with E-state index in [1.54, 1.807) is 6.92 Å². The highest BCUT2D eigenvalue weighted by Crippen LogP contribution is 2.48. The van der Waals surface area contributed by atoms with Gasteiger partial charge in [-0.05, 0) is 20.3 Å². The Bertz CT molecular complexity index is 551. The van der Waals surface area contributed by atoms with Crippen LogP contribution in [0.4, 0.5) is 0 Å². The third kappa shape index (κ3) is 3.32. The van der Waals surface area contributed by atoms with Crippen LogP contribution >= 0.6 is 0 Å². The zero-order chi connectivity index (χ0) is 17.4. The molecule has 2 bridgehead atoms. The summed E-state index contributed by atoms with van der Waals surface area (Å²) in [6.45, 7) is 6.38. The quantitative estimate of drug-likeness (QED) is 0.387. The van der Waals surface area contributed by atoms with Crippen LogP contribution in [0.2, 0.25) is 0 Å². The molecule has 2 heterocycles. The van der Waals surface area contributed by atoms with Crippen molar-refractivity contribution in [3.8, 4) is 0 Å². The van der Waals surface area contributed by atoms with Crippen molar-refractivity contribution in [3.63, 3.8) is 0 Å². The number of ether oxygens (including phenoxy) is 3. The Hall–Kier alpha value is -1.29. The number of esters is 1. The Kier molecular flexibility index (Phi) is 5.24. The van der Waals surface area contributed by atoms with E-state index in [1.165, 1.54) is 14.0 Å². The minimum atomic E-state index is -2.06. The van der Waals surface area contributed by atoms with E-state index in [1.807, 2.05) is 0 Å². The van der Waals surface area contributed by atoms with Crippen molar-refractivity contribution >= 4 is 23.0 Å². The Morgan fingerprint density at radius 3 is 2.70 bits per heavy atom. The normalized spacial score (nSPS) is 36.5. The number of hydrogen-bond acceptors (Lipinski definition) is 6. The van der Waals surface area contributed by atoms with E-state index in [2.05, 4.69) is 11.9 Å². The molecule has 6 atom stereocenters. The van der Waals surface area contributed by atoms with Gasteiger partial charge in [0.2, 0.25) is 5.91 Å². The maximum absolute atomic E-state index is 11.9. The molecule has 2 saturated heterocycles. The summed E-state index contributed by atoms with van der Waals surface area (Å²) >= 11 is -2.06. The van der Waals surface area contributed by atoms with Crippen LogP contribution in [0, 0.1) is 0 Å². The maximum atomic E-state index is 11.9. The van der Waals surface area contributed by atoms with E-state index in [4.69, 9.17) is 14.2 Å². The molecule has 0 radical (unpaired) electrons. The highest BCUT2D eigenvalue weighted by atomic mass is 32.2. The number of methoxy groups -OCH3 is 1. The fraction of sp³-hybridized carbons (Fsp3) is 0.714. The van der Waals surface area contributed by atoms with Crippen LogP contribution in [0.15, 0.2) is 12.2 Å². The predicted molar refractivity (Wildman–Crippen MR) is 81.0 cm³/mol. The number of hydrogen-bond donors (Lipinski definition) is 2. The first-order valence-electron chi connectivity index (χ1n) is 7.14. The minimum Gasteiger partial charge on any atom is -0.455 e. The molecule has 2 aliphatic heterocycles. The Morgan fingerprint density at radius 1 is 1.52 bits per heavy atom. The molecule has 0 aromatic carbocycles. The first-order valence-corrected chi connectivity index (χ1v) is 8.31. The van der Waals surface area contributed by atoms with E-state index >= 15 is 0 Å². The lowest BCUT2D eigenvalue weighted by atomic mass is 9.84. The average Bonchev–Trinajstić information content (AvgIpc) is 2.94. The molecule has 2 N–H and O–H groups in total. The van der Waals surface area contributed by atoms with E-state index in [-0.39, 0.29) is 12.1 Å². The van der Waals surface area contributed by atoms with E-state index in [0.29, 0.717) is 6.42 Å². The average molecular weight is 347 g/mol. The number of carbonyl (C=O) groups excluding carboxylic acids is 2. The smallest absolute Gasteiger partial charge is 0.325 e. The van der Waals surface area contributed by atoms with Gasteiger partial charge in [0, 0.05) is 12.7 Å². The van der Waals surface area contributed by atoms with Crippen molar-refractivity contribution < 1.29 is 32.6 Å². The van der Waals surface area contributed by atoms with Gasteiger partial charge >= 0.3 is 5.97 Å². The lowest BCUT2D eigenvalue weighted by Gasteiger charge is -2.36. The van der Waals surface area contributed by atoms with Crippen molar-refractivity contribution in [2.24, 2.45) is 0 Å². The van der Waals surface area contributed by atoms with Gasteiger partial charge in [0.1, 0.15) is 18.2 Å². The summed E-state index contributed by atoms with van der Waals surface area (Å²) in [4.78, 5) is 23.3. The largest absolute Gasteiger partial charge is 0.455 e. The molecule has 0 aromatic heterocycles. The molecule has 0 aromatic rings. The number of carbonyl (C=O) groups is 2. The van der Waals surface area contributed by atoms with Gasteiger partial charge in [-0.3, -0.25) is 9.59 Å². The van der Waals surface area contributed by atoms with Gasteiger partial charge in [-0.2, -0.15) is 0 Å². The van der Waals surface area contributed by atoms with Gasteiger partial charge < -0.3 is 24.1 Å². The molecule has 9 heteroatoms. The minimum absolute atomic E-state index is 0.289. The van der Waals surface area contributed by atoms with Crippen LogP contribution < -0.4 is 5.32 Å². The Balaban J connectivity index is 1.99. The molecule has 2 aliphatic rings. The molecule has 1 amide bonds. The molecule has 0 aliphatic carbocycles. The van der Waals surface area contributed by atoms with Crippen LogP contribution in [0.25, 0.3) is 0 Å². The van der Waals surface area contributed by atoms with Crippen molar-refractivity contribution in [2.45, 2.75) is 49.4 Å². The van der Waals surface area contributed by atoms with Crippen LogP contribution in [0.1, 0.15) is 20.3 Å². The third-order valence-corrected chi connectivity index (χ3v) is 5.41. The Labute approximate surface area is 136 Å². The van der Waals surface area contributed by atoms with Gasteiger partial charge in [0.25, 0.3) is 0 Å². The van der Waals surface area contributed by atoms with E-state index < -0.39 is 52.1 Å². The SMILES string of the molecule is C=C(C)C(=O)NCC(=O)OC1C2CC(S(=O)O)C(C)(O2)C1OC. The molecule has 0 saturated carbocycles. The van der Waals surface area contributed by atoms with Crippen molar-refractivity contribution in [1.29, 1.82) is 0 Å². The second-order valence-electron chi connectivity index (χ2n) is 5.91. The highest BCUT2D eigenvalue weighted by molar-refractivity contribution is 7.80. The summed E-state index contributed by atoms with van der Waals surface area (Å²) in [6.07, 6.45) is -1.54. The van der Waals surface area contributed by atoms with Crippen molar-refractivity contribution in [1.82, 2.24) is 5.32 Å². The lowest BCUT2D eigenvalue weighted by molar-refractivity contribution is -0.157. The third-order valence-electron chi connectivity index (χ3n) is 4.27. The molecular formula is C14H21NO7S. The molecule has 130 valence electrons. The summed E-state index contributed by atoms with van der Waals surface area (Å²) < 4.78 is 37.3. The van der Waals surface area contributed by atoms with E-state index in [9.17, 15) is 18.4 Å². The van der Waals surface area contributed by atoms with Crippen LogP contribution in [0.5, 0.6) is 0 Å². The zero-order valence-corrected chi connectivity index (χ0v) is 14.1. The standard InChI is InChI=1S/C14H21NO7S/c1-7(2)13(17)15-6-10(16)21-11-8-5-9(23(18)19)14(3,22-8)12(11)20-4/h8-9,11-12H,1,5-6H2,2-4H3,(H,15,17)(H,18,19). The summed E-state index contributed by atoms with van der Waals surface area (Å²) in [5.74, 6) is -1.06. The van der Waals surface area contributed by atoms with Crippen LogP contribution in [-0.2, 0) is 34.9 Å². The van der Waals surface area contributed by atoms with Crippen LogP contribution in [0.3, 0.4) is 0 Å². The first kappa shape index (κ1) is 18.1. The van der Waals surface area contributed by atoms with E-state index in [0.717, 1.165) is 0 Å². The second-order valence-corrected chi connectivity index (χ2v) is 7.04. The molecule has 2 rings (SSSR count). The fourth-order valence-electron chi connectivity index (χ4n) is 3.15. The summed E-state index contributed by atoms with van der Waals surface area (Å²) in [5.41, 5.74) is -0.707. The van der Waals surface area contributed by atoms with Crippen molar-refractivity contribution in [2.75, 3.05) is 13.7 Å². The van der Waals surface area contributed by atoms with Gasteiger partial charge in [-0.25, -0.2) is 4.21 Å². The predicted octanol–water partition coefficient (Wildman–Crippen LogP) is -0.243. The molecule has 23 heavy (non-hydrogen) atoms. The van der Waals surface area contributed by atoms with Gasteiger partial charge in [-0.15, -0.1) is 0 Å². The highest BCUT2D eigenvalue weighted by Gasteiger charge is 2.66. The summed E-state index contributed by atoms with van der Waals surface area (Å²) in [5, 5.41) is 1.78. The number of rotatable bonds is 6. The second kappa shape index (κ2) is 6.68. The molecule has 6 unspecified atom stereocenters. The summed E-state index contributed by atoms with van der Waals surface area (Å²) in [7, 11) is 1.43. The maximum Gasteiger partial charge on any atom is 0.325 e. The van der Waals surface area contributed by atoms with Gasteiger partial charge in [0.15, 0.2) is 17.2 Å². The topological polar surface area (TPSA) is 111 Å². The van der Waals surface area contributed by atoms with Crippen LogP contribution in [-0.4, -0.2) is 63.5 Å². The molecule has 8 nitrogen and oxygen atoms in total. The summed E-state index contributed by atoms with van der Waals surface area (Å²) in [6, 6.07) is 0. The molecular weight excluding hydrogens is 326 g/mol. The monoisotopic (exact) mass is 347 g/mol. The molecule has 0 spiro atoms. The van der Waals surface area contributed by atoms with Gasteiger partial charge in [-0.1, -0.05) is 6.58 Å². The number of nitrogens with one attached hydrogen (secondary N) is 1. The number of fused-ring (bicyclic) bond motifs is 2. The zero-order valence-electron chi connectivity index (χ0n) is 13.2. The molecule has 2 fully saturated rings. The fourth-order valence-corrected chi connectivity index (χ4v) is 4.10. The lowest BCUT2D eigenvalue weighted by Crippen LogP contribution is -2.55. The van der Waals surface area contributed by atoms with Gasteiger partial charge in [0.05, 0.1) is 11.4 Å². The van der Waals surface area contributed by atoms with Crippen molar-refractivity contribution in [3.05, 3.63) is 12.2 Å². The first-order chi connectivity index (χ1) is 10.7. The number of amides is 1.